The molecule has 0 aliphatic rings. The fourth-order valence-corrected chi connectivity index (χ4v) is 3.38. The van der Waals surface area contributed by atoms with E-state index in [2.05, 4.69) is 5.32 Å². The van der Waals surface area contributed by atoms with Crippen molar-refractivity contribution in [3.63, 3.8) is 0 Å². The van der Waals surface area contributed by atoms with E-state index in [9.17, 15) is 19.2 Å². The Labute approximate surface area is 220 Å². The molecule has 0 aliphatic heterocycles. The Balaban J connectivity index is 1.54. The number of nitrogens with one attached hydrogen (secondary N) is 1. The van der Waals surface area contributed by atoms with Crippen LogP contribution in [0.15, 0.2) is 91.0 Å². The van der Waals surface area contributed by atoms with Crippen LogP contribution in [0.25, 0.3) is 0 Å². The zero-order chi connectivity index (χ0) is 27.2. The van der Waals surface area contributed by atoms with E-state index in [-0.39, 0.29) is 32.7 Å². The predicted octanol–water partition coefficient (Wildman–Crippen LogP) is 3.44. The maximum atomic E-state index is 12.8. The molecule has 3 N–H and O–H groups in total. The van der Waals surface area contributed by atoms with E-state index < -0.39 is 35.9 Å². The molecule has 1 amide bonds. The number of hydrogen-bond acceptors (Lipinski definition) is 8. The highest BCUT2D eigenvalue weighted by atomic mass is 16.6. The fourth-order valence-electron chi connectivity index (χ4n) is 3.38. The largest absolute Gasteiger partial charge is 0.459 e. The van der Waals surface area contributed by atoms with Crippen molar-refractivity contribution in [3.8, 4) is 0 Å². The van der Waals surface area contributed by atoms with Crippen molar-refractivity contribution >= 4 is 23.8 Å². The number of ketones is 1. The minimum Gasteiger partial charge on any atom is -0.459 e. The van der Waals surface area contributed by atoms with Gasteiger partial charge in [0.25, 0.3) is 0 Å². The Morgan fingerprint density at radius 1 is 0.632 bits per heavy atom. The van der Waals surface area contributed by atoms with E-state index in [4.69, 9.17) is 19.9 Å². The molecule has 3 aromatic rings. The highest BCUT2D eigenvalue weighted by Crippen LogP contribution is 2.09. The van der Waals surface area contributed by atoms with Crippen molar-refractivity contribution in [3.05, 3.63) is 108 Å². The van der Waals surface area contributed by atoms with Crippen LogP contribution in [0.4, 0.5) is 4.79 Å². The monoisotopic (exact) mass is 518 g/mol. The minimum atomic E-state index is -1.52. The Bertz CT molecular complexity index is 1190. The van der Waals surface area contributed by atoms with Crippen LogP contribution < -0.4 is 11.1 Å². The van der Waals surface area contributed by atoms with Gasteiger partial charge in [0.1, 0.15) is 25.9 Å². The quantitative estimate of drug-likeness (QED) is 0.200. The van der Waals surface area contributed by atoms with Gasteiger partial charge in [-0.1, -0.05) is 91.0 Å². The highest BCUT2D eigenvalue weighted by Gasteiger charge is 2.28. The topological polar surface area (TPSA) is 134 Å². The van der Waals surface area contributed by atoms with E-state index in [0.29, 0.717) is 0 Å². The zero-order valence-corrected chi connectivity index (χ0v) is 20.8. The maximum Gasteiger partial charge on any atom is 0.408 e. The molecule has 0 fully saturated rings. The van der Waals surface area contributed by atoms with E-state index in [0.717, 1.165) is 16.7 Å². The van der Waals surface area contributed by atoms with Gasteiger partial charge >= 0.3 is 18.0 Å². The Kier molecular flexibility index (Phi) is 11.0. The van der Waals surface area contributed by atoms with Gasteiger partial charge in [-0.05, 0) is 23.1 Å². The van der Waals surface area contributed by atoms with E-state index in [1.54, 1.807) is 72.8 Å². The molecule has 0 radical (unpaired) electrons. The first kappa shape index (κ1) is 28.1. The molecule has 9 nitrogen and oxygen atoms in total. The van der Waals surface area contributed by atoms with E-state index >= 15 is 0 Å². The van der Waals surface area contributed by atoms with Crippen LogP contribution in [0.1, 0.15) is 29.5 Å². The molecule has 0 saturated carbocycles. The van der Waals surface area contributed by atoms with Gasteiger partial charge in [-0.3, -0.25) is 4.79 Å². The van der Waals surface area contributed by atoms with Crippen LogP contribution in [0.2, 0.25) is 0 Å². The second-order valence-electron chi connectivity index (χ2n) is 8.43. The third kappa shape index (κ3) is 9.51. The molecule has 0 aromatic heterocycles. The molecular formula is C29H30N2O7. The van der Waals surface area contributed by atoms with Gasteiger partial charge < -0.3 is 25.3 Å². The molecule has 0 aliphatic carbocycles. The van der Waals surface area contributed by atoms with Gasteiger partial charge in [0.15, 0.2) is 11.8 Å². The molecule has 1 unspecified atom stereocenters. The van der Waals surface area contributed by atoms with Crippen LogP contribution in [-0.4, -0.2) is 35.9 Å². The van der Waals surface area contributed by atoms with Gasteiger partial charge in [-0.15, -0.1) is 0 Å². The number of rotatable bonds is 13. The van der Waals surface area contributed by atoms with Crippen molar-refractivity contribution in [1.82, 2.24) is 5.32 Å². The average molecular weight is 519 g/mol. The van der Waals surface area contributed by atoms with Gasteiger partial charge in [0, 0.05) is 6.42 Å². The molecule has 0 spiro atoms. The molecule has 0 heterocycles. The summed E-state index contributed by atoms with van der Waals surface area (Å²) in [6, 6.07) is 24.3. The smallest absolute Gasteiger partial charge is 0.408 e. The Morgan fingerprint density at radius 2 is 1.05 bits per heavy atom. The summed E-state index contributed by atoms with van der Waals surface area (Å²) in [4.78, 5) is 50.0. The molecular weight excluding hydrogens is 488 g/mol. The van der Waals surface area contributed by atoms with Gasteiger partial charge in [0.05, 0.1) is 0 Å². The summed E-state index contributed by atoms with van der Waals surface area (Å²) in [5, 5.41) is 2.45. The number of Topliss-reactive ketones (excluding diaryl/α,β-unsaturated/α-hetero) is 1. The first-order chi connectivity index (χ1) is 18.4. The number of amides is 1. The molecule has 198 valence electrons. The third-order valence-corrected chi connectivity index (χ3v) is 5.52. The molecule has 0 saturated heterocycles. The maximum absolute atomic E-state index is 12.8. The Morgan fingerprint density at radius 3 is 1.53 bits per heavy atom. The van der Waals surface area contributed by atoms with Gasteiger partial charge in [-0.25, -0.2) is 14.4 Å². The number of ether oxygens (including phenoxy) is 3. The molecule has 3 rings (SSSR count). The van der Waals surface area contributed by atoms with E-state index in [1.165, 1.54) is 0 Å². The normalized spacial score (nSPS) is 12.0. The lowest BCUT2D eigenvalue weighted by molar-refractivity contribution is -0.149. The van der Waals surface area contributed by atoms with Crippen molar-refractivity contribution in [1.29, 1.82) is 0 Å². The highest BCUT2D eigenvalue weighted by molar-refractivity contribution is 6.03. The molecule has 0 bridgehead atoms. The standard InChI is InChI=1S/C29H30N2O7/c30-26(28(34)37-19-22-12-6-2-7-13-22)25(32)17-16-24(27(33)36-18-21-10-4-1-5-11-21)31-29(35)38-20-23-14-8-3-9-15-23/h1-15,24,26H,16-20,30H2,(H,31,35)/t24-,26?/m0/s1. The van der Waals surface area contributed by atoms with Gasteiger partial charge in [0.2, 0.25) is 0 Å². The summed E-state index contributed by atoms with van der Waals surface area (Å²) in [5.41, 5.74) is 8.05. The van der Waals surface area contributed by atoms with Crippen LogP contribution in [-0.2, 0) is 48.4 Å². The summed E-state index contributed by atoms with van der Waals surface area (Å²) >= 11 is 0. The van der Waals surface area contributed by atoms with Crippen LogP contribution in [0.5, 0.6) is 0 Å². The average Bonchev–Trinajstić information content (AvgIpc) is 2.96. The molecule has 3 aromatic carbocycles. The second-order valence-corrected chi connectivity index (χ2v) is 8.43. The number of carbonyl (C=O) groups is 4. The number of nitrogens with two attached hydrogens (primary N) is 1. The third-order valence-electron chi connectivity index (χ3n) is 5.52. The van der Waals surface area contributed by atoms with Crippen molar-refractivity contribution in [2.24, 2.45) is 5.73 Å². The SMILES string of the molecule is NC(C(=O)CC[C@H](NC(=O)OCc1ccccc1)C(=O)OCc1ccccc1)C(=O)OCc1ccccc1. The lowest BCUT2D eigenvalue weighted by atomic mass is 10.0. The van der Waals surface area contributed by atoms with Gasteiger partial charge in [-0.2, -0.15) is 0 Å². The van der Waals surface area contributed by atoms with Crippen molar-refractivity contribution in [2.75, 3.05) is 0 Å². The zero-order valence-electron chi connectivity index (χ0n) is 20.8. The summed E-state index contributed by atoms with van der Waals surface area (Å²) in [7, 11) is 0. The summed E-state index contributed by atoms with van der Waals surface area (Å²) < 4.78 is 15.7. The number of hydrogen-bond donors (Lipinski definition) is 2. The number of carbonyl (C=O) groups excluding carboxylic acids is 4. The van der Waals surface area contributed by atoms with Crippen LogP contribution in [0, 0.1) is 0 Å². The summed E-state index contributed by atoms with van der Waals surface area (Å²) in [6.07, 6.45) is -1.27. The second kappa shape index (κ2) is 14.9. The molecule has 9 heteroatoms. The molecule has 2 atom stereocenters. The first-order valence-electron chi connectivity index (χ1n) is 12.1. The van der Waals surface area contributed by atoms with E-state index in [1.807, 2.05) is 18.2 Å². The summed E-state index contributed by atoms with van der Waals surface area (Å²) in [5.74, 6) is -2.26. The van der Waals surface area contributed by atoms with Crippen LogP contribution >= 0.6 is 0 Å². The minimum absolute atomic E-state index is 0.00445. The number of esters is 2. The lowest BCUT2D eigenvalue weighted by Gasteiger charge is -2.18. The van der Waals surface area contributed by atoms with Crippen LogP contribution in [0.3, 0.4) is 0 Å². The number of alkyl carbamates (subject to hydrolysis) is 1. The van der Waals surface area contributed by atoms with Crippen molar-refractivity contribution < 1.29 is 33.4 Å². The predicted molar refractivity (Wildman–Crippen MR) is 138 cm³/mol. The lowest BCUT2D eigenvalue weighted by Crippen LogP contribution is -2.44. The summed E-state index contributed by atoms with van der Waals surface area (Å²) in [6.45, 7) is -0.0460. The first-order valence-corrected chi connectivity index (χ1v) is 12.1. The number of benzene rings is 3. The molecule has 38 heavy (non-hydrogen) atoms. The Hall–Kier alpha value is -4.50. The fraction of sp³-hybridized carbons (Fsp3) is 0.241. The van der Waals surface area contributed by atoms with Crippen molar-refractivity contribution in [2.45, 2.75) is 44.7 Å².